The molecule has 4 heteroatoms. The highest BCUT2D eigenvalue weighted by atomic mass is 16.5. The number of carbonyl (C=O) groups excluding carboxylic acids is 1. The van der Waals surface area contributed by atoms with Gasteiger partial charge in [-0.25, -0.2) is 0 Å². The van der Waals surface area contributed by atoms with E-state index in [9.17, 15) is 4.79 Å². The second-order valence-electron chi connectivity index (χ2n) is 5.67. The summed E-state index contributed by atoms with van der Waals surface area (Å²) in [6.45, 7) is 3.48. The Morgan fingerprint density at radius 1 is 1.38 bits per heavy atom. The molecule has 0 bridgehead atoms. The van der Waals surface area contributed by atoms with E-state index in [1.54, 1.807) is 6.07 Å². The van der Waals surface area contributed by atoms with Crippen LogP contribution in [-0.2, 0) is 4.79 Å². The molecule has 0 aliphatic carbocycles. The maximum atomic E-state index is 12.4. The van der Waals surface area contributed by atoms with Gasteiger partial charge in [-0.3, -0.25) is 4.79 Å². The number of nitrogen functional groups attached to an aromatic ring is 1. The number of nitrogens with two attached hydrogens (primary N) is 1. The van der Waals surface area contributed by atoms with E-state index in [1.165, 1.54) is 12.8 Å². The SMILES string of the molecule is CCC1CCCCCN1C(=O)CCOc1cccc(N)c1. The fraction of sp³-hybridized carbons (Fsp3) is 0.588. The topological polar surface area (TPSA) is 55.6 Å². The number of rotatable bonds is 5. The predicted molar refractivity (Wildman–Crippen MR) is 85.2 cm³/mol. The van der Waals surface area contributed by atoms with Crippen LogP contribution in [0.3, 0.4) is 0 Å². The minimum Gasteiger partial charge on any atom is -0.493 e. The summed E-state index contributed by atoms with van der Waals surface area (Å²) in [5, 5.41) is 0. The molecule has 0 aromatic heterocycles. The van der Waals surface area contributed by atoms with Gasteiger partial charge < -0.3 is 15.4 Å². The van der Waals surface area contributed by atoms with E-state index in [4.69, 9.17) is 10.5 Å². The van der Waals surface area contributed by atoms with E-state index in [2.05, 4.69) is 11.8 Å². The number of anilines is 1. The van der Waals surface area contributed by atoms with Gasteiger partial charge in [-0.1, -0.05) is 25.8 Å². The van der Waals surface area contributed by atoms with E-state index in [0.29, 0.717) is 24.8 Å². The maximum Gasteiger partial charge on any atom is 0.226 e. The summed E-state index contributed by atoms with van der Waals surface area (Å²) in [5.74, 6) is 0.943. The maximum absolute atomic E-state index is 12.4. The van der Waals surface area contributed by atoms with Crippen molar-refractivity contribution in [2.45, 2.75) is 51.5 Å². The van der Waals surface area contributed by atoms with Gasteiger partial charge in [0, 0.05) is 24.3 Å². The van der Waals surface area contributed by atoms with E-state index in [1.807, 2.05) is 18.2 Å². The quantitative estimate of drug-likeness (QED) is 0.847. The van der Waals surface area contributed by atoms with Crippen LogP contribution >= 0.6 is 0 Å². The fourth-order valence-electron chi connectivity index (χ4n) is 2.93. The zero-order valence-corrected chi connectivity index (χ0v) is 12.9. The third-order valence-electron chi connectivity index (χ3n) is 4.11. The van der Waals surface area contributed by atoms with Gasteiger partial charge in [-0.15, -0.1) is 0 Å². The monoisotopic (exact) mass is 290 g/mol. The summed E-state index contributed by atoms with van der Waals surface area (Å²) in [6, 6.07) is 7.73. The van der Waals surface area contributed by atoms with Crippen LogP contribution in [0.25, 0.3) is 0 Å². The molecule has 116 valence electrons. The molecule has 0 spiro atoms. The number of benzene rings is 1. The van der Waals surface area contributed by atoms with Gasteiger partial charge in [0.15, 0.2) is 0 Å². The molecule has 1 heterocycles. The lowest BCUT2D eigenvalue weighted by Crippen LogP contribution is -2.40. The molecule has 1 aromatic carbocycles. The van der Waals surface area contributed by atoms with E-state index >= 15 is 0 Å². The number of hydrogen-bond donors (Lipinski definition) is 1. The van der Waals surface area contributed by atoms with Crippen LogP contribution in [0.1, 0.15) is 45.4 Å². The van der Waals surface area contributed by atoms with Crippen molar-refractivity contribution in [1.82, 2.24) is 4.90 Å². The molecule has 2 rings (SSSR count). The van der Waals surface area contributed by atoms with Crippen LogP contribution in [0.4, 0.5) is 5.69 Å². The van der Waals surface area contributed by atoms with Crippen molar-refractivity contribution in [1.29, 1.82) is 0 Å². The van der Waals surface area contributed by atoms with Crippen LogP contribution in [0.5, 0.6) is 5.75 Å². The number of ether oxygens (including phenoxy) is 1. The van der Waals surface area contributed by atoms with E-state index < -0.39 is 0 Å². The summed E-state index contributed by atoms with van der Waals surface area (Å²) in [5.41, 5.74) is 6.38. The molecule has 1 fully saturated rings. The molecular formula is C17H26N2O2. The van der Waals surface area contributed by atoms with Gasteiger partial charge in [0.2, 0.25) is 5.91 Å². The fourth-order valence-corrected chi connectivity index (χ4v) is 2.93. The van der Waals surface area contributed by atoms with Crippen LogP contribution in [0.15, 0.2) is 24.3 Å². The molecule has 2 N–H and O–H groups in total. The molecule has 0 saturated carbocycles. The number of carbonyl (C=O) groups is 1. The summed E-state index contributed by atoms with van der Waals surface area (Å²) >= 11 is 0. The van der Waals surface area contributed by atoms with Gasteiger partial charge >= 0.3 is 0 Å². The average molecular weight is 290 g/mol. The smallest absolute Gasteiger partial charge is 0.226 e. The third-order valence-corrected chi connectivity index (χ3v) is 4.11. The van der Waals surface area contributed by atoms with Crippen LogP contribution in [0.2, 0.25) is 0 Å². The van der Waals surface area contributed by atoms with Gasteiger partial charge in [0.1, 0.15) is 5.75 Å². The molecule has 1 saturated heterocycles. The number of nitrogens with zero attached hydrogens (tertiary/aromatic N) is 1. The zero-order valence-electron chi connectivity index (χ0n) is 12.9. The first-order valence-corrected chi connectivity index (χ1v) is 7.98. The minimum atomic E-state index is 0.215. The Kier molecular flexibility index (Phi) is 5.90. The van der Waals surface area contributed by atoms with Crippen molar-refractivity contribution >= 4 is 11.6 Å². The molecule has 1 amide bonds. The van der Waals surface area contributed by atoms with Crippen molar-refractivity contribution in [3.8, 4) is 5.75 Å². The Bertz CT molecular complexity index is 462. The molecule has 21 heavy (non-hydrogen) atoms. The normalized spacial score (nSPS) is 19.1. The largest absolute Gasteiger partial charge is 0.493 e. The van der Waals surface area contributed by atoms with Gasteiger partial charge in [-0.05, 0) is 31.4 Å². The average Bonchev–Trinajstić information content (AvgIpc) is 2.72. The van der Waals surface area contributed by atoms with Crippen molar-refractivity contribution in [3.63, 3.8) is 0 Å². The first kappa shape index (κ1) is 15.7. The van der Waals surface area contributed by atoms with Crippen molar-refractivity contribution in [3.05, 3.63) is 24.3 Å². The summed E-state index contributed by atoms with van der Waals surface area (Å²) in [4.78, 5) is 14.5. The Labute approximate surface area is 127 Å². The molecule has 1 aromatic rings. The Morgan fingerprint density at radius 3 is 3.00 bits per heavy atom. The first-order chi connectivity index (χ1) is 10.2. The third kappa shape index (κ3) is 4.66. The second-order valence-corrected chi connectivity index (χ2v) is 5.67. The summed E-state index contributed by atoms with van der Waals surface area (Å²) < 4.78 is 5.62. The number of amides is 1. The predicted octanol–water partition coefficient (Wildman–Crippen LogP) is 3.22. The zero-order chi connectivity index (χ0) is 15.1. The second kappa shape index (κ2) is 7.91. The minimum absolute atomic E-state index is 0.215. The molecule has 1 aliphatic rings. The highest BCUT2D eigenvalue weighted by molar-refractivity contribution is 5.76. The molecular weight excluding hydrogens is 264 g/mol. The highest BCUT2D eigenvalue weighted by Gasteiger charge is 2.23. The van der Waals surface area contributed by atoms with E-state index in [0.717, 1.165) is 31.6 Å². The van der Waals surface area contributed by atoms with Crippen LogP contribution in [-0.4, -0.2) is 30.0 Å². The van der Waals surface area contributed by atoms with Crippen molar-refractivity contribution < 1.29 is 9.53 Å². The molecule has 1 unspecified atom stereocenters. The van der Waals surface area contributed by atoms with Crippen LogP contribution < -0.4 is 10.5 Å². The Balaban J connectivity index is 1.82. The lowest BCUT2D eigenvalue weighted by atomic mass is 10.1. The van der Waals surface area contributed by atoms with Gasteiger partial charge in [0.05, 0.1) is 13.0 Å². The summed E-state index contributed by atoms with van der Waals surface area (Å²) in [6.07, 6.45) is 6.21. The first-order valence-electron chi connectivity index (χ1n) is 7.98. The number of likely N-dealkylation sites (tertiary alicyclic amines) is 1. The molecule has 1 aliphatic heterocycles. The van der Waals surface area contributed by atoms with Crippen LogP contribution in [0, 0.1) is 0 Å². The summed E-state index contributed by atoms with van der Waals surface area (Å²) in [7, 11) is 0. The lowest BCUT2D eigenvalue weighted by Gasteiger charge is -2.29. The lowest BCUT2D eigenvalue weighted by molar-refractivity contribution is -0.134. The number of hydrogen-bond acceptors (Lipinski definition) is 3. The van der Waals surface area contributed by atoms with Crippen molar-refractivity contribution in [2.24, 2.45) is 0 Å². The standard InChI is InChI=1S/C17H26N2O2/c1-2-15-8-4-3-5-11-19(15)17(20)10-12-21-16-9-6-7-14(18)13-16/h6-7,9,13,15H,2-5,8,10-12,18H2,1H3. The molecule has 4 nitrogen and oxygen atoms in total. The van der Waals surface area contributed by atoms with Crippen molar-refractivity contribution in [2.75, 3.05) is 18.9 Å². The molecule has 1 atom stereocenters. The Hall–Kier alpha value is -1.71. The van der Waals surface area contributed by atoms with E-state index in [-0.39, 0.29) is 5.91 Å². The molecule has 0 radical (unpaired) electrons. The highest BCUT2D eigenvalue weighted by Crippen LogP contribution is 2.20. The van der Waals surface area contributed by atoms with Gasteiger partial charge in [-0.2, -0.15) is 0 Å². The Morgan fingerprint density at radius 2 is 2.24 bits per heavy atom. The van der Waals surface area contributed by atoms with Gasteiger partial charge in [0.25, 0.3) is 0 Å².